The maximum Gasteiger partial charge on any atom is 0.347 e. The van der Waals surface area contributed by atoms with Gasteiger partial charge in [-0.3, -0.25) is 0 Å². The predicted molar refractivity (Wildman–Crippen MR) is 87.9 cm³/mol. The van der Waals surface area contributed by atoms with E-state index in [0.717, 1.165) is 10.9 Å². The van der Waals surface area contributed by atoms with E-state index in [2.05, 4.69) is 15.9 Å². The van der Waals surface area contributed by atoms with Crippen molar-refractivity contribution in [1.82, 2.24) is 0 Å². The molecule has 22 heavy (non-hydrogen) atoms. The number of carbonyl (C=O) groups is 1. The van der Waals surface area contributed by atoms with Crippen molar-refractivity contribution in [3.05, 3.63) is 52.5 Å². The van der Waals surface area contributed by atoms with Crippen LogP contribution in [0.4, 0.5) is 0 Å². The molecule has 0 N–H and O–H groups in total. The fourth-order valence-electron chi connectivity index (χ4n) is 1.81. The minimum atomic E-state index is -0.461. The Kier molecular flexibility index (Phi) is 5.83. The lowest BCUT2D eigenvalue weighted by molar-refractivity contribution is 0.0730. The van der Waals surface area contributed by atoms with Crippen LogP contribution >= 0.6 is 15.9 Å². The zero-order valence-corrected chi connectivity index (χ0v) is 14.1. The molecule has 0 heterocycles. The minimum absolute atomic E-state index is 0.388. The summed E-state index contributed by atoms with van der Waals surface area (Å²) in [4.78, 5) is 12.4. The summed E-state index contributed by atoms with van der Waals surface area (Å²) < 4.78 is 16.8. The summed E-state index contributed by atoms with van der Waals surface area (Å²) in [6.07, 6.45) is 0.864. The van der Waals surface area contributed by atoms with Crippen LogP contribution in [-0.4, -0.2) is 19.7 Å². The third kappa shape index (κ3) is 4.24. The molecule has 0 saturated heterocycles. The molecule has 4 nitrogen and oxygen atoms in total. The number of methoxy groups -OCH3 is 1. The number of benzene rings is 2. The van der Waals surface area contributed by atoms with Crippen LogP contribution in [0.15, 0.2) is 46.9 Å². The van der Waals surface area contributed by atoms with E-state index >= 15 is 0 Å². The average Bonchev–Trinajstić information content (AvgIpc) is 2.54. The summed E-state index contributed by atoms with van der Waals surface area (Å²) in [6, 6.07) is 12.1. The lowest BCUT2D eigenvalue weighted by atomic mass is 10.2. The van der Waals surface area contributed by atoms with Gasteiger partial charge in [-0.2, -0.15) is 0 Å². The molecule has 0 amide bonds. The van der Waals surface area contributed by atoms with E-state index in [9.17, 15) is 4.79 Å². The van der Waals surface area contributed by atoms with E-state index in [-0.39, 0.29) is 0 Å². The standard InChI is InChI=1S/C17H17BrO4/c1-3-10-21-16-9-4-12(18)11-15(16)17(19)22-14-7-5-13(20-2)6-8-14/h4-9,11H,3,10H2,1-2H3. The molecule has 0 atom stereocenters. The fourth-order valence-corrected chi connectivity index (χ4v) is 2.17. The highest BCUT2D eigenvalue weighted by molar-refractivity contribution is 9.10. The van der Waals surface area contributed by atoms with E-state index in [4.69, 9.17) is 14.2 Å². The summed E-state index contributed by atoms with van der Waals surface area (Å²) in [5, 5.41) is 0. The summed E-state index contributed by atoms with van der Waals surface area (Å²) in [7, 11) is 1.58. The number of halogens is 1. The molecule has 2 aromatic carbocycles. The summed E-state index contributed by atoms with van der Waals surface area (Å²) in [5.41, 5.74) is 0.388. The minimum Gasteiger partial charge on any atom is -0.497 e. The number of ether oxygens (including phenoxy) is 3. The molecule has 0 radical (unpaired) electrons. The number of hydrogen-bond donors (Lipinski definition) is 0. The van der Waals surface area contributed by atoms with Crippen molar-refractivity contribution in [3.63, 3.8) is 0 Å². The average molecular weight is 365 g/mol. The molecule has 0 aromatic heterocycles. The molecule has 116 valence electrons. The number of hydrogen-bond acceptors (Lipinski definition) is 4. The fraction of sp³-hybridized carbons (Fsp3) is 0.235. The van der Waals surface area contributed by atoms with Crippen molar-refractivity contribution in [1.29, 1.82) is 0 Å². The molecule has 0 aliphatic carbocycles. The van der Waals surface area contributed by atoms with Crippen LogP contribution in [0.25, 0.3) is 0 Å². The Bertz CT molecular complexity index is 638. The van der Waals surface area contributed by atoms with Gasteiger partial charge < -0.3 is 14.2 Å². The van der Waals surface area contributed by atoms with Gasteiger partial charge in [0.05, 0.1) is 13.7 Å². The Morgan fingerprint density at radius 3 is 2.41 bits per heavy atom. The van der Waals surface area contributed by atoms with Crippen LogP contribution in [-0.2, 0) is 0 Å². The smallest absolute Gasteiger partial charge is 0.347 e. The molecule has 0 fully saturated rings. The van der Waals surface area contributed by atoms with Crippen molar-refractivity contribution in [2.75, 3.05) is 13.7 Å². The molecule has 2 aromatic rings. The van der Waals surface area contributed by atoms with E-state index in [1.54, 1.807) is 43.5 Å². The zero-order chi connectivity index (χ0) is 15.9. The van der Waals surface area contributed by atoms with Crippen molar-refractivity contribution in [2.45, 2.75) is 13.3 Å². The zero-order valence-electron chi connectivity index (χ0n) is 12.5. The Hall–Kier alpha value is -2.01. The van der Waals surface area contributed by atoms with E-state index in [1.807, 2.05) is 13.0 Å². The highest BCUT2D eigenvalue weighted by Gasteiger charge is 2.16. The molecule has 0 aliphatic heterocycles. The topological polar surface area (TPSA) is 44.8 Å². The second-order valence-electron chi connectivity index (χ2n) is 4.55. The molecule has 0 aliphatic rings. The van der Waals surface area contributed by atoms with Crippen LogP contribution in [0.2, 0.25) is 0 Å². The van der Waals surface area contributed by atoms with Crippen LogP contribution in [0.3, 0.4) is 0 Å². The normalized spacial score (nSPS) is 10.1. The molecule has 0 unspecified atom stereocenters. The Balaban J connectivity index is 2.18. The first kappa shape index (κ1) is 16.4. The second-order valence-corrected chi connectivity index (χ2v) is 5.47. The van der Waals surface area contributed by atoms with Crippen molar-refractivity contribution in [3.8, 4) is 17.2 Å². The van der Waals surface area contributed by atoms with Crippen LogP contribution in [0.5, 0.6) is 17.2 Å². The van der Waals surface area contributed by atoms with Gasteiger partial charge in [-0.05, 0) is 48.9 Å². The summed E-state index contributed by atoms with van der Waals surface area (Å²) in [6.45, 7) is 2.55. The quantitative estimate of drug-likeness (QED) is 0.560. The van der Waals surface area contributed by atoms with Crippen molar-refractivity contribution < 1.29 is 19.0 Å². The third-order valence-electron chi connectivity index (χ3n) is 2.89. The highest BCUT2D eigenvalue weighted by atomic mass is 79.9. The maximum absolute atomic E-state index is 12.4. The molecule has 0 bridgehead atoms. The van der Waals surface area contributed by atoms with Crippen LogP contribution < -0.4 is 14.2 Å². The van der Waals surface area contributed by atoms with Crippen molar-refractivity contribution >= 4 is 21.9 Å². The summed E-state index contributed by atoms with van der Waals surface area (Å²) >= 11 is 3.36. The van der Waals surface area contributed by atoms with Gasteiger partial charge in [0.25, 0.3) is 0 Å². The van der Waals surface area contributed by atoms with Gasteiger partial charge in [0, 0.05) is 4.47 Å². The SMILES string of the molecule is CCCOc1ccc(Br)cc1C(=O)Oc1ccc(OC)cc1. The summed E-state index contributed by atoms with van der Waals surface area (Å²) in [5.74, 6) is 1.21. The lowest BCUT2D eigenvalue weighted by Crippen LogP contribution is -2.11. The van der Waals surface area contributed by atoms with Gasteiger partial charge in [-0.15, -0.1) is 0 Å². The van der Waals surface area contributed by atoms with E-state index < -0.39 is 5.97 Å². The first-order valence-electron chi connectivity index (χ1n) is 6.92. The van der Waals surface area contributed by atoms with E-state index in [0.29, 0.717) is 29.4 Å². The van der Waals surface area contributed by atoms with Crippen LogP contribution in [0.1, 0.15) is 23.7 Å². The lowest BCUT2D eigenvalue weighted by Gasteiger charge is -2.11. The highest BCUT2D eigenvalue weighted by Crippen LogP contribution is 2.26. The largest absolute Gasteiger partial charge is 0.497 e. The van der Waals surface area contributed by atoms with Gasteiger partial charge in [0.2, 0.25) is 0 Å². The number of esters is 1. The van der Waals surface area contributed by atoms with Gasteiger partial charge >= 0.3 is 5.97 Å². The third-order valence-corrected chi connectivity index (χ3v) is 3.39. The van der Waals surface area contributed by atoms with Gasteiger partial charge in [-0.25, -0.2) is 4.79 Å². The van der Waals surface area contributed by atoms with Gasteiger partial charge in [0.1, 0.15) is 22.8 Å². The monoisotopic (exact) mass is 364 g/mol. The molecule has 2 rings (SSSR count). The molecular formula is C17H17BrO4. The molecule has 5 heteroatoms. The van der Waals surface area contributed by atoms with Crippen LogP contribution in [0, 0.1) is 0 Å². The maximum atomic E-state index is 12.4. The number of rotatable bonds is 6. The Morgan fingerprint density at radius 1 is 1.09 bits per heavy atom. The van der Waals surface area contributed by atoms with Crippen molar-refractivity contribution in [2.24, 2.45) is 0 Å². The molecule has 0 spiro atoms. The number of carbonyl (C=O) groups excluding carboxylic acids is 1. The van der Waals surface area contributed by atoms with E-state index in [1.165, 1.54) is 0 Å². The predicted octanol–water partition coefficient (Wildman–Crippen LogP) is 4.47. The Labute approximate surface area is 138 Å². The van der Waals surface area contributed by atoms with Gasteiger partial charge in [-0.1, -0.05) is 22.9 Å². The second kappa shape index (κ2) is 7.84. The van der Waals surface area contributed by atoms with Gasteiger partial charge in [0.15, 0.2) is 0 Å². The molecule has 0 saturated carbocycles. The first-order chi connectivity index (χ1) is 10.6. The first-order valence-corrected chi connectivity index (χ1v) is 7.72. The molecular weight excluding hydrogens is 348 g/mol. The Morgan fingerprint density at radius 2 is 1.77 bits per heavy atom.